The maximum absolute atomic E-state index is 15.4. The van der Waals surface area contributed by atoms with Gasteiger partial charge < -0.3 is 30.4 Å². The van der Waals surface area contributed by atoms with Crippen LogP contribution in [0.5, 0.6) is 11.5 Å². The first kappa shape index (κ1) is 25.7. The lowest BCUT2D eigenvalue weighted by Gasteiger charge is -2.27. The van der Waals surface area contributed by atoms with Crippen molar-refractivity contribution in [3.8, 4) is 11.5 Å². The van der Waals surface area contributed by atoms with E-state index in [1.54, 1.807) is 36.2 Å². The molecule has 0 unspecified atom stereocenters. The summed E-state index contributed by atoms with van der Waals surface area (Å²) >= 11 is 0. The minimum atomic E-state index is -0.537. The highest BCUT2D eigenvalue weighted by Crippen LogP contribution is 2.37. The fraction of sp³-hybridized carbons (Fsp3) is 0.320. The van der Waals surface area contributed by atoms with Crippen molar-refractivity contribution in [3.05, 3.63) is 59.0 Å². The number of anilines is 2. The van der Waals surface area contributed by atoms with Crippen LogP contribution in [-0.4, -0.2) is 56.2 Å². The number of nitrogens with zero attached hydrogens (tertiary/aromatic N) is 3. The Morgan fingerprint density at radius 2 is 2.03 bits per heavy atom. The molecule has 2 aromatic carbocycles. The van der Waals surface area contributed by atoms with Gasteiger partial charge in [0.05, 0.1) is 36.5 Å². The Morgan fingerprint density at radius 1 is 1.26 bits per heavy atom. The number of allylic oxidation sites excluding steroid dienone is 1. The summed E-state index contributed by atoms with van der Waals surface area (Å²) in [5.74, 6) is -0.0406. The molecule has 1 aromatic heterocycles. The zero-order valence-electron chi connectivity index (χ0n) is 20.6. The SMILES string of the molecule is CN/C=C(\C=N)n1cnc2ccc(N(CCNC(C)C)c3cc(OC)cc(OC)c3F)cc2c1=O. The van der Waals surface area contributed by atoms with Crippen LogP contribution in [0, 0.1) is 11.2 Å². The number of benzene rings is 2. The molecule has 0 fully saturated rings. The molecule has 10 heteroatoms. The number of aromatic nitrogens is 2. The van der Waals surface area contributed by atoms with Crippen molar-refractivity contribution in [1.29, 1.82) is 5.41 Å². The van der Waals surface area contributed by atoms with Gasteiger partial charge in [0, 0.05) is 56.4 Å². The van der Waals surface area contributed by atoms with Crippen molar-refractivity contribution < 1.29 is 13.9 Å². The van der Waals surface area contributed by atoms with Gasteiger partial charge in [-0.05, 0) is 18.2 Å². The van der Waals surface area contributed by atoms with E-state index in [1.165, 1.54) is 37.4 Å². The number of halogens is 1. The van der Waals surface area contributed by atoms with E-state index < -0.39 is 5.82 Å². The lowest BCUT2D eigenvalue weighted by atomic mass is 10.1. The molecule has 0 saturated carbocycles. The second kappa shape index (κ2) is 11.5. The van der Waals surface area contributed by atoms with Gasteiger partial charge in [0.1, 0.15) is 12.1 Å². The minimum absolute atomic E-state index is 0.0545. The zero-order chi connectivity index (χ0) is 25.5. The molecule has 0 spiro atoms. The summed E-state index contributed by atoms with van der Waals surface area (Å²) in [4.78, 5) is 19.4. The predicted molar refractivity (Wildman–Crippen MR) is 138 cm³/mol. The smallest absolute Gasteiger partial charge is 0.265 e. The second-order valence-electron chi connectivity index (χ2n) is 8.05. The summed E-state index contributed by atoms with van der Waals surface area (Å²) in [5.41, 5.74) is 1.34. The van der Waals surface area contributed by atoms with Crippen LogP contribution in [0.4, 0.5) is 15.8 Å². The van der Waals surface area contributed by atoms with Gasteiger partial charge in [-0.2, -0.15) is 0 Å². The highest BCUT2D eigenvalue weighted by Gasteiger charge is 2.20. The van der Waals surface area contributed by atoms with E-state index in [9.17, 15) is 4.79 Å². The minimum Gasteiger partial charge on any atom is -0.497 e. The van der Waals surface area contributed by atoms with Crippen LogP contribution < -0.4 is 30.6 Å². The highest BCUT2D eigenvalue weighted by molar-refractivity contribution is 6.00. The topological polar surface area (TPSA) is 104 Å². The lowest BCUT2D eigenvalue weighted by Crippen LogP contribution is -2.33. The number of fused-ring (bicyclic) bond motifs is 1. The van der Waals surface area contributed by atoms with Gasteiger partial charge in [-0.1, -0.05) is 13.8 Å². The Balaban J connectivity index is 2.20. The summed E-state index contributed by atoms with van der Waals surface area (Å²) < 4.78 is 27.3. The van der Waals surface area contributed by atoms with Crippen LogP contribution >= 0.6 is 0 Å². The predicted octanol–water partition coefficient (Wildman–Crippen LogP) is 3.36. The first-order valence-electron chi connectivity index (χ1n) is 11.2. The van der Waals surface area contributed by atoms with E-state index in [2.05, 4.69) is 15.6 Å². The average Bonchev–Trinajstić information content (AvgIpc) is 2.86. The molecule has 1 heterocycles. The molecule has 0 aliphatic carbocycles. The number of methoxy groups -OCH3 is 2. The summed E-state index contributed by atoms with van der Waals surface area (Å²) in [6, 6.07) is 8.53. The molecular formula is C25H31FN6O3. The number of hydrogen-bond donors (Lipinski definition) is 3. The van der Waals surface area contributed by atoms with Crippen molar-refractivity contribution in [2.24, 2.45) is 0 Å². The molecule has 35 heavy (non-hydrogen) atoms. The fourth-order valence-electron chi connectivity index (χ4n) is 3.67. The maximum atomic E-state index is 15.4. The van der Waals surface area contributed by atoms with Crippen LogP contribution in [0.2, 0.25) is 0 Å². The van der Waals surface area contributed by atoms with Crippen LogP contribution in [0.25, 0.3) is 16.6 Å². The van der Waals surface area contributed by atoms with Crippen LogP contribution in [0.3, 0.4) is 0 Å². The molecule has 0 radical (unpaired) electrons. The Morgan fingerprint density at radius 3 is 2.66 bits per heavy atom. The summed E-state index contributed by atoms with van der Waals surface area (Å²) in [5, 5.41) is 14.1. The Labute approximate surface area is 203 Å². The quantitative estimate of drug-likeness (QED) is 0.360. The molecule has 0 aliphatic heterocycles. The average molecular weight is 483 g/mol. The van der Waals surface area contributed by atoms with Gasteiger partial charge in [0.2, 0.25) is 0 Å². The number of nitrogens with one attached hydrogen (secondary N) is 3. The van der Waals surface area contributed by atoms with Crippen molar-refractivity contribution in [3.63, 3.8) is 0 Å². The molecular weight excluding hydrogens is 451 g/mol. The van der Waals surface area contributed by atoms with Crippen molar-refractivity contribution in [2.45, 2.75) is 19.9 Å². The van der Waals surface area contributed by atoms with Gasteiger partial charge in [-0.25, -0.2) is 9.37 Å². The van der Waals surface area contributed by atoms with Crippen LogP contribution in [0.15, 0.2) is 47.7 Å². The first-order valence-corrected chi connectivity index (χ1v) is 11.2. The molecule has 3 N–H and O–H groups in total. The van der Waals surface area contributed by atoms with E-state index in [1.807, 2.05) is 13.8 Å². The van der Waals surface area contributed by atoms with Crippen molar-refractivity contribution >= 4 is 34.2 Å². The van der Waals surface area contributed by atoms with Gasteiger partial charge in [0.25, 0.3) is 5.56 Å². The zero-order valence-corrected chi connectivity index (χ0v) is 20.6. The fourth-order valence-corrected chi connectivity index (χ4v) is 3.67. The molecule has 0 atom stereocenters. The van der Waals surface area contributed by atoms with E-state index in [0.29, 0.717) is 41.1 Å². The van der Waals surface area contributed by atoms with E-state index in [0.717, 1.165) is 6.21 Å². The Kier molecular flexibility index (Phi) is 8.43. The number of hydrogen-bond acceptors (Lipinski definition) is 8. The highest BCUT2D eigenvalue weighted by atomic mass is 19.1. The van der Waals surface area contributed by atoms with Gasteiger partial charge in [-0.15, -0.1) is 0 Å². The lowest BCUT2D eigenvalue weighted by molar-refractivity contribution is 0.374. The van der Waals surface area contributed by atoms with Crippen LogP contribution in [0.1, 0.15) is 13.8 Å². The molecule has 0 bridgehead atoms. The monoisotopic (exact) mass is 482 g/mol. The van der Waals surface area contributed by atoms with E-state index in [4.69, 9.17) is 14.9 Å². The Hall–Kier alpha value is -3.92. The molecule has 3 rings (SSSR count). The third kappa shape index (κ3) is 5.60. The van der Waals surface area contributed by atoms with E-state index >= 15 is 4.39 Å². The first-order chi connectivity index (χ1) is 16.8. The standard InChI is InChI=1S/C25H31FN6O3/c1-16(2)29-8-9-31(22-11-19(34-4)12-23(35-5)24(22)26)17-6-7-21-20(10-17)25(33)32(15-30-21)18(13-27)14-28-3/h6-7,10-16,27-29H,8-9H2,1-5H3/b18-14+,27-13?. The molecule has 9 nitrogen and oxygen atoms in total. The summed E-state index contributed by atoms with van der Waals surface area (Å²) in [7, 11) is 4.59. The Bertz CT molecular complexity index is 1290. The van der Waals surface area contributed by atoms with Gasteiger partial charge >= 0.3 is 0 Å². The second-order valence-corrected chi connectivity index (χ2v) is 8.05. The number of rotatable bonds is 11. The van der Waals surface area contributed by atoms with E-state index in [-0.39, 0.29) is 23.0 Å². The summed E-state index contributed by atoms with van der Waals surface area (Å²) in [6.07, 6.45) is 3.99. The molecule has 0 amide bonds. The third-order valence-electron chi connectivity index (χ3n) is 5.40. The van der Waals surface area contributed by atoms with Gasteiger partial charge in [-0.3, -0.25) is 9.36 Å². The van der Waals surface area contributed by atoms with Gasteiger partial charge in [0.15, 0.2) is 11.6 Å². The maximum Gasteiger partial charge on any atom is 0.265 e. The largest absolute Gasteiger partial charge is 0.497 e. The molecule has 0 saturated heterocycles. The number of ether oxygens (including phenoxy) is 2. The molecule has 186 valence electrons. The normalized spacial score (nSPS) is 11.6. The third-order valence-corrected chi connectivity index (χ3v) is 5.40. The molecule has 0 aliphatic rings. The summed E-state index contributed by atoms with van der Waals surface area (Å²) in [6.45, 7) is 5.04. The van der Waals surface area contributed by atoms with Crippen LogP contribution in [-0.2, 0) is 0 Å². The molecule has 3 aromatic rings. The van der Waals surface area contributed by atoms with Crippen molar-refractivity contribution in [2.75, 3.05) is 39.3 Å². The van der Waals surface area contributed by atoms with Crippen molar-refractivity contribution in [1.82, 2.24) is 20.2 Å².